The number of nitrogens with one attached hydrogen (secondary N) is 1. The van der Waals surface area contributed by atoms with Crippen LogP contribution < -0.4 is 5.32 Å². The number of carbonyl (C=O) groups is 2. The van der Waals surface area contributed by atoms with Gasteiger partial charge in [-0.15, -0.1) is 0 Å². The molecule has 17 heavy (non-hydrogen) atoms. The highest BCUT2D eigenvalue weighted by atomic mass is 16.5. The summed E-state index contributed by atoms with van der Waals surface area (Å²) in [6.45, 7) is 6.55. The van der Waals surface area contributed by atoms with Gasteiger partial charge >= 0.3 is 12.1 Å². The number of hydrogen-bond donors (Lipinski definition) is 3. The quantitative estimate of drug-likeness (QED) is 0.625. The van der Waals surface area contributed by atoms with Crippen molar-refractivity contribution in [3.8, 4) is 0 Å². The first-order valence-corrected chi connectivity index (χ1v) is 5.25. The number of hydrogen-bond acceptors (Lipinski definition) is 4. The van der Waals surface area contributed by atoms with Gasteiger partial charge in [-0.05, 0) is 0 Å². The largest absolute Gasteiger partial charge is 0.479 e. The van der Waals surface area contributed by atoms with Crippen molar-refractivity contribution in [2.24, 2.45) is 5.41 Å². The van der Waals surface area contributed by atoms with Gasteiger partial charge in [-0.3, -0.25) is 0 Å². The van der Waals surface area contributed by atoms with Crippen LogP contribution in [0.15, 0.2) is 12.7 Å². The van der Waals surface area contributed by atoms with Crippen molar-refractivity contribution in [3.63, 3.8) is 0 Å². The van der Waals surface area contributed by atoms with Gasteiger partial charge in [0.25, 0.3) is 0 Å². The Morgan fingerprint density at radius 1 is 1.59 bits per heavy atom. The maximum atomic E-state index is 11.4. The lowest BCUT2D eigenvalue weighted by Gasteiger charge is -2.56. The third kappa shape index (κ3) is 2.00. The van der Waals surface area contributed by atoms with E-state index in [1.165, 1.54) is 6.08 Å². The SMILES string of the molecule is C=CCOC(=O)NC1(C(=O)O)CC(O)C1(C)C. The van der Waals surface area contributed by atoms with Crippen molar-refractivity contribution in [1.29, 1.82) is 0 Å². The number of alkyl carbamates (subject to hydrolysis) is 1. The van der Waals surface area contributed by atoms with Gasteiger partial charge in [-0.1, -0.05) is 26.5 Å². The minimum Gasteiger partial charge on any atom is -0.479 e. The van der Waals surface area contributed by atoms with E-state index in [4.69, 9.17) is 0 Å². The summed E-state index contributed by atoms with van der Waals surface area (Å²) in [5.41, 5.74) is -2.42. The standard InChI is InChI=1S/C11H17NO5/c1-4-5-17-9(16)12-11(8(14)15)6-7(13)10(11,2)3/h4,7,13H,1,5-6H2,2-3H3,(H,12,16)(H,14,15). The molecule has 0 heterocycles. The lowest BCUT2D eigenvalue weighted by Crippen LogP contribution is -2.75. The Morgan fingerprint density at radius 3 is 2.53 bits per heavy atom. The third-order valence-corrected chi connectivity index (χ3v) is 3.45. The minimum absolute atomic E-state index is 0.00448. The van der Waals surface area contributed by atoms with Crippen LogP contribution in [0.2, 0.25) is 0 Å². The summed E-state index contributed by atoms with van der Waals surface area (Å²) in [6, 6.07) is 0. The predicted molar refractivity (Wildman–Crippen MR) is 59.5 cm³/mol. The van der Waals surface area contributed by atoms with Gasteiger partial charge in [0.05, 0.1) is 6.10 Å². The fourth-order valence-electron chi connectivity index (χ4n) is 1.93. The molecule has 1 amide bonds. The van der Waals surface area contributed by atoms with Crippen LogP contribution in [0.1, 0.15) is 20.3 Å². The molecule has 0 saturated heterocycles. The molecule has 1 saturated carbocycles. The minimum atomic E-state index is -1.48. The smallest absolute Gasteiger partial charge is 0.408 e. The van der Waals surface area contributed by atoms with Crippen LogP contribution in [0.25, 0.3) is 0 Å². The highest BCUT2D eigenvalue weighted by Gasteiger charge is 2.65. The van der Waals surface area contributed by atoms with Crippen molar-refractivity contribution in [1.82, 2.24) is 5.32 Å². The van der Waals surface area contributed by atoms with E-state index in [-0.39, 0.29) is 13.0 Å². The number of carboxylic acids is 1. The molecule has 6 heteroatoms. The molecule has 6 nitrogen and oxygen atoms in total. The number of carboxylic acid groups (broad SMARTS) is 1. The second-order valence-corrected chi connectivity index (χ2v) is 4.66. The van der Waals surface area contributed by atoms with Crippen LogP contribution in [-0.2, 0) is 9.53 Å². The van der Waals surface area contributed by atoms with Crippen molar-refractivity contribution in [2.75, 3.05) is 6.61 Å². The number of aliphatic carboxylic acids is 1. The summed E-state index contributed by atoms with van der Waals surface area (Å²) in [4.78, 5) is 22.7. The Balaban J connectivity index is 2.79. The van der Waals surface area contributed by atoms with Crippen LogP contribution in [-0.4, -0.2) is 40.5 Å². The number of aliphatic hydroxyl groups excluding tert-OH is 1. The molecular weight excluding hydrogens is 226 g/mol. The zero-order chi connectivity index (χ0) is 13.3. The Bertz CT molecular complexity index is 352. The topological polar surface area (TPSA) is 95.9 Å². The molecule has 2 atom stereocenters. The average molecular weight is 243 g/mol. The van der Waals surface area contributed by atoms with E-state index in [0.29, 0.717) is 0 Å². The molecule has 1 rings (SSSR count). The molecule has 3 N–H and O–H groups in total. The number of ether oxygens (including phenoxy) is 1. The van der Waals surface area contributed by atoms with Gasteiger partial charge < -0.3 is 20.3 Å². The number of amides is 1. The molecule has 0 aliphatic heterocycles. The first-order valence-electron chi connectivity index (χ1n) is 5.25. The average Bonchev–Trinajstić information content (AvgIpc) is 2.25. The van der Waals surface area contributed by atoms with Gasteiger partial charge in [0, 0.05) is 11.8 Å². The van der Waals surface area contributed by atoms with E-state index in [0.717, 1.165) is 0 Å². The van der Waals surface area contributed by atoms with Crippen molar-refractivity contribution in [3.05, 3.63) is 12.7 Å². The first kappa shape index (κ1) is 13.5. The van der Waals surface area contributed by atoms with Gasteiger partial charge in [0.2, 0.25) is 0 Å². The molecule has 1 aliphatic carbocycles. The van der Waals surface area contributed by atoms with Crippen molar-refractivity contribution in [2.45, 2.75) is 31.9 Å². The molecule has 0 bridgehead atoms. The fourth-order valence-corrected chi connectivity index (χ4v) is 1.93. The molecule has 0 radical (unpaired) electrons. The van der Waals surface area contributed by atoms with Gasteiger partial charge in [0.15, 0.2) is 5.54 Å². The molecular formula is C11H17NO5. The van der Waals surface area contributed by atoms with Gasteiger partial charge in [-0.25, -0.2) is 9.59 Å². The Hall–Kier alpha value is -1.56. The van der Waals surface area contributed by atoms with Crippen molar-refractivity contribution < 1.29 is 24.5 Å². The van der Waals surface area contributed by atoms with Gasteiger partial charge in [-0.2, -0.15) is 0 Å². The lowest BCUT2D eigenvalue weighted by atomic mass is 9.54. The van der Waals surface area contributed by atoms with Crippen LogP contribution in [0.5, 0.6) is 0 Å². The van der Waals surface area contributed by atoms with Crippen LogP contribution in [0.3, 0.4) is 0 Å². The van der Waals surface area contributed by atoms with E-state index in [1.807, 2.05) is 0 Å². The second kappa shape index (κ2) is 4.37. The molecule has 96 valence electrons. The molecule has 0 aromatic rings. The maximum Gasteiger partial charge on any atom is 0.408 e. The summed E-state index contributed by atoms with van der Waals surface area (Å²) in [5.74, 6) is -1.18. The Morgan fingerprint density at radius 2 is 2.18 bits per heavy atom. The van der Waals surface area contributed by atoms with E-state index >= 15 is 0 Å². The Kier molecular flexibility index (Phi) is 3.47. The Labute approximate surface area is 99.3 Å². The van der Waals surface area contributed by atoms with Crippen molar-refractivity contribution >= 4 is 12.1 Å². The first-order chi connectivity index (χ1) is 7.78. The molecule has 0 spiro atoms. The van der Waals surface area contributed by atoms with Crippen LogP contribution in [0, 0.1) is 5.41 Å². The van der Waals surface area contributed by atoms with E-state index in [9.17, 15) is 19.8 Å². The number of rotatable bonds is 4. The molecule has 1 aliphatic rings. The highest BCUT2D eigenvalue weighted by Crippen LogP contribution is 2.49. The molecule has 1 fully saturated rings. The summed E-state index contributed by atoms with van der Waals surface area (Å²) in [5, 5.41) is 21.1. The third-order valence-electron chi connectivity index (χ3n) is 3.45. The molecule has 2 unspecified atom stereocenters. The van der Waals surface area contributed by atoms with Crippen LogP contribution in [0.4, 0.5) is 4.79 Å². The highest BCUT2D eigenvalue weighted by molar-refractivity contribution is 5.87. The van der Waals surface area contributed by atoms with E-state index < -0.39 is 29.1 Å². The van der Waals surface area contributed by atoms with Gasteiger partial charge in [0.1, 0.15) is 6.61 Å². The summed E-state index contributed by atoms with van der Waals surface area (Å²) < 4.78 is 4.69. The predicted octanol–water partition coefficient (Wildman–Crippen LogP) is 0.513. The van der Waals surface area contributed by atoms with E-state index in [1.54, 1.807) is 13.8 Å². The molecule has 0 aromatic heterocycles. The maximum absolute atomic E-state index is 11.4. The zero-order valence-corrected chi connectivity index (χ0v) is 9.90. The number of aliphatic hydroxyl groups is 1. The fraction of sp³-hybridized carbons (Fsp3) is 0.636. The monoisotopic (exact) mass is 243 g/mol. The summed E-state index contributed by atoms with van der Waals surface area (Å²) >= 11 is 0. The van der Waals surface area contributed by atoms with Crippen LogP contribution >= 0.6 is 0 Å². The number of carbonyl (C=O) groups excluding carboxylic acids is 1. The summed E-state index contributed by atoms with van der Waals surface area (Å²) in [6.07, 6.45) is -0.239. The second-order valence-electron chi connectivity index (χ2n) is 4.66. The lowest BCUT2D eigenvalue weighted by molar-refractivity contribution is -0.180. The van der Waals surface area contributed by atoms with E-state index in [2.05, 4.69) is 16.6 Å². The molecule has 0 aromatic carbocycles. The zero-order valence-electron chi connectivity index (χ0n) is 9.90. The summed E-state index contributed by atoms with van der Waals surface area (Å²) in [7, 11) is 0. The normalized spacial score (nSPS) is 29.9.